The van der Waals surface area contributed by atoms with E-state index >= 15 is 0 Å². The summed E-state index contributed by atoms with van der Waals surface area (Å²) in [5.74, 6) is -0.106. The quantitative estimate of drug-likeness (QED) is 0.567. The average Bonchev–Trinajstić information content (AvgIpc) is 2.75. The van der Waals surface area contributed by atoms with Crippen LogP contribution in [0.1, 0.15) is 40.1 Å². The van der Waals surface area contributed by atoms with Gasteiger partial charge in [-0.2, -0.15) is 0 Å². The summed E-state index contributed by atoms with van der Waals surface area (Å²) in [6, 6.07) is 18.1. The van der Waals surface area contributed by atoms with Gasteiger partial charge in [-0.3, -0.25) is 4.79 Å². The summed E-state index contributed by atoms with van der Waals surface area (Å²) < 4.78 is 5.08. The Kier molecular flexibility index (Phi) is 6.58. The third-order valence-corrected chi connectivity index (χ3v) is 4.36. The predicted molar refractivity (Wildman–Crippen MR) is 114 cm³/mol. The number of hydrogen-bond donors (Lipinski definition) is 2. The van der Waals surface area contributed by atoms with Gasteiger partial charge in [0.2, 0.25) is 0 Å². The molecule has 0 aliphatic heterocycles. The number of esters is 1. The number of benzene rings is 2. The molecule has 2 aromatic carbocycles. The molecule has 6 heteroatoms. The molecule has 0 saturated heterocycles. The lowest BCUT2D eigenvalue weighted by Crippen LogP contribution is -2.13. The van der Waals surface area contributed by atoms with Crippen LogP contribution >= 0.6 is 0 Å². The molecule has 0 fully saturated rings. The smallest absolute Gasteiger partial charge is 0.340 e. The molecule has 0 unspecified atom stereocenters. The monoisotopic (exact) mass is 389 g/mol. The number of nitrogens with one attached hydrogen (secondary N) is 2. The van der Waals surface area contributed by atoms with Crippen LogP contribution in [-0.2, 0) is 11.2 Å². The Morgan fingerprint density at radius 3 is 2.34 bits per heavy atom. The zero-order valence-corrected chi connectivity index (χ0v) is 16.4. The maximum atomic E-state index is 12.5. The minimum atomic E-state index is -0.402. The highest BCUT2D eigenvalue weighted by atomic mass is 16.5. The van der Waals surface area contributed by atoms with Crippen LogP contribution in [0.2, 0.25) is 0 Å². The van der Waals surface area contributed by atoms with Crippen molar-refractivity contribution in [3.05, 3.63) is 83.6 Å². The molecule has 2 N–H and O–H groups in total. The normalized spacial score (nSPS) is 10.3. The number of para-hydroxylation sites is 2. The summed E-state index contributed by atoms with van der Waals surface area (Å²) in [5, 5.41) is 6.03. The molecule has 6 nitrogen and oxygen atoms in total. The van der Waals surface area contributed by atoms with E-state index in [0.29, 0.717) is 29.2 Å². The molecule has 1 amide bonds. The van der Waals surface area contributed by atoms with Gasteiger partial charge in [0.25, 0.3) is 5.91 Å². The highest BCUT2D eigenvalue weighted by Crippen LogP contribution is 2.21. The second kappa shape index (κ2) is 9.50. The highest BCUT2D eigenvalue weighted by Gasteiger charge is 2.13. The van der Waals surface area contributed by atoms with E-state index in [4.69, 9.17) is 4.74 Å². The first-order valence-electron chi connectivity index (χ1n) is 9.50. The van der Waals surface area contributed by atoms with Crippen LogP contribution in [0.4, 0.5) is 17.2 Å². The van der Waals surface area contributed by atoms with Crippen molar-refractivity contribution >= 4 is 29.1 Å². The van der Waals surface area contributed by atoms with Gasteiger partial charge in [0.15, 0.2) is 0 Å². The standard InChI is InChI=1S/C23H23N3O3/c1-3-16-9-5-7-11-19(16)26-22(27)17-13-14-21(24-15-17)25-20-12-8-6-10-18(20)23(28)29-4-2/h5-15H,3-4H2,1-2H3,(H,24,25)(H,26,27). The van der Waals surface area contributed by atoms with Gasteiger partial charge < -0.3 is 15.4 Å². The van der Waals surface area contributed by atoms with Gasteiger partial charge in [-0.1, -0.05) is 37.3 Å². The Balaban J connectivity index is 1.73. The number of carbonyl (C=O) groups is 2. The molecule has 1 aromatic heterocycles. The number of pyridine rings is 1. The van der Waals surface area contributed by atoms with Gasteiger partial charge in [0.05, 0.1) is 23.4 Å². The number of carbonyl (C=O) groups excluding carboxylic acids is 2. The van der Waals surface area contributed by atoms with Crippen molar-refractivity contribution in [2.45, 2.75) is 20.3 Å². The SMILES string of the molecule is CCOC(=O)c1ccccc1Nc1ccc(C(=O)Nc2ccccc2CC)cn1. The fourth-order valence-corrected chi connectivity index (χ4v) is 2.86. The van der Waals surface area contributed by atoms with Crippen LogP contribution < -0.4 is 10.6 Å². The van der Waals surface area contributed by atoms with Crippen LogP contribution in [0.5, 0.6) is 0 Å². The topological polar surface area (TPSA) is 80.3 Å². The van der Waals surface area contributed by atoms with Gasteiger partial charge in [-0.15, -0.1) is 0 Å². The minimum absolute atomic E-state index is 0.225. The fraction of sp³-hybridized carbons (Fsp3) is 0.174. The molecule has 148 valence electrons. The van der Waals surface area contributed by atoms with E-state index in [2.05, 4.69) is 15.6 Å². The summed E-state index contributed by atoms with van der Waals surface area (Å²) in [4.78, 5) is 28.9. The molecule has 0 atom stereocenters. The van der Waals surface area contributed by atoms with E-state index < -0.39 is 5.97 Å². The Morgan fingerprint density at radius 2 is 1.66 bits per heavy atom. The number of rotatable bonds is 7. The summed E-state index contributed by atoms with van der Waals surface area (Å²) >= 11 is 0. The van der Waals surface area contributed by atoms with Gasteiger partial charge in [-0.05, 0) is 49.2 Å². The third-order valence-electron chi connectivity index (χ3n) is 4.36. The van der Waals surface area contributed by atoms with Crippen LogP contribution in [0.25, 0.3) is 0 Å². The molecular formula is C23H23N3O3. The molecule has 29 heavy (non-hydrogen) atoms. The fourth-order valence-electron chi connectivity index (χ4n) is 2.86. The highest BCUT2D eigenvalue weighted by molar-refractivity contribution is 6.04. The number of amides is 1. The molecule has 1 heterocycles. The van der Waals surface area contributed by atoms with Gasteiger partial charge in [-0.25, -0.2) is 9.78 Å². The first kappa shape index (κ1) is 20.1. The number of aryl methyl sites for hydroxylation is 1. The van der Waals surface area contributed by atoms with Gasteiger partial charge >= 0.3 is 5.97 Å². The molecule has 0 aliphatic rings. The molecule has 0 saturated carbocycles. The maximum Gasteiger partial charge on any atom is 0.340 e. The third kappa shape index (κ3) is 4.99. The van der Waals surface area contributed by atoms with Gasteiger partial charge in [0, 0.05) is 11.9 Å². The number of anilines is 3. The summed E-state index contributed by atoms with van der Waals surface area (Å²) in [6.45, 7) is 4.11. The van der Waals surface area contributed by atoms with Crippen molar-refractivity contribution in [1.82, 2.24) is 4.98 Å². The Bertz CT molecular complexity index is 1000. The molecule has 0 aliphatic carbocycles. The van der Waals surface area contributed by atoms with Crippen molar-refractivity contribution in [3.8, 4) is 0 Å². The molecule has 3 rings (SSSR count). The maximum absolute atomic E-state index is 12.5. The van der Waals surface area contributed by atoms with Crippen LogP contribution in [0, 0.1) is 0 Å². The van der Waals surface area contributed by atoms with E-state index in [0.717, 1.165) is 17.7 Å². The van der Waals surface area contributed by atoms with Crippen molar-refractivity contribution in [2.75, 3.05) is 17.2 Å². The van der Waals surface area contributed by atoms with E-state index in [1.807, 2.05) is 37.3 Å². The number of aromatic nitrogens is 1. The van der Waals surface area contributed by atoms with E-state index in [1.165, 1.54) is 6.20 Å². The second-order valence-electron chi connectivity index (χ2n) is 6.29. The average molecular weight is 389 g/mol. The van der Waals surface area contributed by atoms with Crippen molar-refractivity contribution in [1.29, 1.82) is 0 Å². The number of nitrogens with zero attached hydrogens (tertiary/aromatic N) is 1. The van der Waals surface area contributed by atoms with Crippen LogP contribution in [-0.4, -0.2) is 23.5 Å². The Labute approximate surface area is 169 Å². The van der Waals surface area contributed by atoms with Crippen LogP contribution in [0.15, 0.2) is 66.9 Å². The molecule has 0 radical (unpaired) electrons. The molecular weight excluding hydrogens is 366 g/mol. The largest absolute Gasteiger partial charge is 0.462 e. The lowest BCUT2D eigenvalue weighted by atomic mass is 10.1. The summed E-state index contributed by atoms with van der Waals surface area (Å²) in [7, 11) is 0. The van der Waals surface area contributed by atoms with Crippen molar-refractivity contribution in [2.24, 2.45) is 0 Å². The van der Waals surface area contributed by atoms with Crippen molar-refractivity contribution < 1.29 is 14.3 Å². The van der Waals surface area contributed by atoms with Crippen molar-refractivity contribution in [3.63, 3.8) is 0 Å². The lowest BCUT2D eigenvalue weighted by molar-refractivity contribution is 0.0527. The second-order valence-corrected chi connectivity index (χ2v) is 6.29. The summed E-state index contributed by atoms with van der Waals surface area (Å²) in [6.07, 6.45) is 2.33. The van der Waals surface area contributed by atoms with Gasteiger partial charge in [0.1, 0.15) is 5.82 Å². The van der Waals surface area contributed by atoms with E-state index in [-0.39, 0.29) is 5.91 Å². The Morgan fingerprint density at radius 1 is 0.931 bits per heavy atom. The van der Waals surface area contributed by atoms with E-state index in [9.17, 15) is 9.59 Å². The lowest BCUT2D eigenvalue weighted by Gasteiger charge is -2.12. The predicted octanol–water partition coefficient (Wildman–Crippen LogP) is 4.82. The zero-order chi connectivity index (χ0) is 20.6. The molecule has 3 aromatic rings. The first-order chi connectivity index (χ1) is 14.1. The first-order valence-corrected chi connectivity index (χ1v) is 9.50. The minimum Gasteiger partial charge on any atom is -0.462 e. The molecule has 0 spiro atoms. The number of ether oxygens (including phenoxy) is 1. The summed E-state index contributed by atoms with van der Waals surface area (Å²) in [5.41, 5.74) is 3.33. The number of hydrogen-bond acceptors (Lipinski definition) is 5. The van der Waals surface area contributed by atoms with E-state index in [1.54, 1.807) is 37.3 Å². The van der Waals surface area contributed by atoms with Crippen LogP contribution in [0.3, 0.4) is 0 Å². The Hall–Kier alpha value is -3.67. The zero-order valence-electron chi connectivity index (χ0n) is 16.4. The molecule has 0 bridgehead atoms.